The third-order valence-corrected chi connectivity index (χ3v) is 6.10. The summed E-state index contributed by atoms with van der Waals surface area (Å²) in [7, 11) is 0. The van der Waals surface area contributed by atoms with Crippen molar-refractivity contribution in [3.05, 3.63) is 82.9 Å². The van der Waals surface area contributed by atoms with Crippen LogP contribution in [0, 0.1) is 0 Å². The first-order valence-corrected chi connectivity index (χ1v) is 11.3. The monoisotopic (exact) mass is 502 g/mol. The Kier molecular flexibility index (Phi) is 8.67. The Morgan fingerprint density at radius 1 is 1.00 bits per heavy atom. The van der Waals surface area contributed by atoms with Gasteiger partial charge in [-0.1, -0.05) is 42.5 Å². The van der Waals surface area contributed by atoms with Gasteiger partial charge in [-0.25, -0.2) is 0 Å². The Bertz CT molecular complexity index is 955. The summed E-state index contributed by atoms with van der Waals surface area (Å²) in [6.07, 6.45) is -5.48. The largest absolute Gasteiger partial charge is 0.416 e. The number of rotatable bonds is 9. The van der Waals surface area contributed by atoms with Gasteiger partial charge < -0.3 is 14.6 Å². The van der Waals surface area contributed by atoms with Crippen molar-refractivity contribution in [1.29, 1.82) is 0 Å². The van der Waals surface area contributed by atoms with E-state index in [-0.39, 0.29) is 30.9 Å². The predicted molar refractivity (Wildman–Crippen MR) is 119 cm³/mol. The molecule has 0 heterocycles. The first-order chi connectivity index (χ1) is 16.4. The van der Waals surface area contributed by atoms with Gasteiger partial charge in [0.25, 0.3) is 0 Å². The third-order valence-electron chi connectivity index (χ3n) is 6.10. The lowest BCUT2D eigenvalue weighted by Crippen LogP contribution is -2.38. The fraction of sp³-hybridized carbons (Fsp3) is 0.462. The number of hydrogen-bond donors (Lipinski definition) is 1. The molecule has 0 bridgehead atoms. The molecule has 0 aliphatic heterocycles. The van der Waals surface area contributed by atoms with Crippen LogP contribution in [0.5, 0.6) is 0 Å². The van der Waals surface area contributed by atoms with E-state index >= 15 is 0 Å². The number of aliphatic hydroxyl groups excluding tert-OH is 1. The molecular weight excluding hydrogens is 474 g/mol. The van der Waals surface area contributed by atoms with Crippen LogP contribution in [0.4, 0.5) is 26.3 Å². The van der Waals surface area contributed by atoms with Crippen LogP contribution in [-0.2, 0) is 27.2 Å². The van der Waals surface area contributed by atoms with Gasteiger partial charge in [0.2, 0.25) is 0 Å². The molecule has 0 saturated carbocycles. The van der Waals surface area contributed by atoms with Gasteiger partial charge in [0.15, 0.2) is 0 Å². The average Bonchev–Trinajstić information content (AvgIpc) is 2.82. The highest BCUT2D eigenvalue weighted by Crippen LogP contribution is 2.40. The number of benzene rings is 2. The second kappa shape index (κ2) is 11.1. The zero-order valence-corrected chi connectivity index (χ0v) is 19.2. The van der Waals surface area contributed by atoms with Crippen molar-refractivity contribution in [2.24, 2.45) is 0 Å². The number of ether oxygens (including phenoxy) is 2. The lowest BCUT2D eigenvalue weighted by Gasteiger charge is -2.38. The van der Waals surface area contributed by atoms with Gasteiger partial charge in [-0.3, -0.25) is 0 Å². The van der Waals surface area contributed by atoms with Crippen LogP contribution < -0.4 is 0 Å². The molecule has 0 aromatic heterocycles. The topological polar surface area (TPSA) is 38.7 Å². The molecule has 1 aliphatic carbocycles. The SMILES string of the molecule is C[C@@H](OC[C@@]1(c2ccccc2)C=CCC(OCCCO)C1)c1cc(C(F)(F)F)cc(C(F)(F)F)c1. The van der Waals surface area contributed by atoms with Crippen LogP contribution in [0.1, 0.15) is 54.5 Å². The molecule has 1 unspecified atom stereocenters. The van der Waals surface area contributed by atoms with Crippen LogP contribution in [0.25, 0.3) is 0 Å². The molecule has 0 spiro atoms. The highest BCUT2D eigenvalue weighted by molar-refractivity contribution is 5.36. The van der Waals surface area contributed by atoms with Gasteiger partial charge in [0.1, 0.15) is 0 Å². The summed E-state index contributed by atoms with van der Waals surface area (Å²) in [5.74, 6) is 0. The maximum absolute atomic E-state index is 13.3. The first-order valence-electron chi connectivity index (χ1n) is 11.3. The van der Waals surface area contributed by atoms with Crippen molar-refractivity contribution in [3.8, 4) is 0 Å². The molecule has 0 fully saturated rings. The summed E-state index contributed by atoms with van der Waals surface area (Å²) in [4.78, 5) is 0. The van der Waals surface area contributed by atoms with E-state index in [9.17, 15) is 26.3 Å². The highest BCUT2D eigenvalue weighted by atomic mass is 19.4. The summed E-state index contributed by atoms with van der Waals surface area (Å²) in [5, 5.41) is 9.01. The Labute approximate surface area is 200 Å². The molecule has 0 saturated heterocycles. The molecule has 2 aromatic rings. The Hall–Kier alpha value is -2.36. The fourth-order valence-corrected chi connectivity index (χ4v) is 4.20. The van der Waals surface area contributed by atoms with Gasteiger partial charge in [0.05, 0.1) is 29.9 Å². The van der Waals surface area contributed by atoms with Crippen molar-refractivity contribution in [2.45, 2.75) is 56.2 Å². The van der Waals surface area contributed by atoms with Crippen LogP contribution in [-0.4, -0.2) is 31.0 Å². The Morgan fingerprint density at radius 2 is 1.63 bits per heavy atom. The minimum Gasteiger partial charge on any atom is -0.396 e. The van der Waals surface area contributed by atoms with Crippen LogP contribution in [0.2, 0.25) is 0 Å². The molecule has 3 atom stereocenters. The molecule has 192 valence electrons. The zero-order chi connectivity index (χ0) is 25.7. The molecule has 0 radical (unpaired) electrons. The summed E-state index contributed by atoms with van der Waals surface area (Å²) in [5.41, 5.74) is -2.72. The van der Waals surface area contributed by atoms with E-state index in [1.807, 2.05) is 42.5 Å². The zero-order valence-electron chi connectivity index (χ0n) is 19.2. The van der Waals surface area contributed by atoms with E-state index in [0.29, 0.717) is 38.0 Å². The van der Waals surface area contributed by atoms with Crippen molar-refractivity contribution >= 4 is 0 Å². The van der Waals surface area contributed by atoms with E-state index in [2.05, 4.69) is 0 Å². The summed E-state index contributed by atoms with van der Waals surface area (Å²) >= 11 is 0. The molecule has 0 amide bonds. The number of halogens is 6. The Balaban J connectivity index is 1.87. The maximum atomic E-state index is 13.3. The van der Waals surface area contributed by atoms with Crippen LogP contribution in [0.15, 0.2) is 60.7 Å². The summed E-state index contributed by atoms with van der Waals surface area (Å²) < 4.78 is 91.5. The van der Waals surface area contributed by atoms with Gasteiger partial charge in [-0.05, 0) is 55.5 Å². The summed E-state index contributed by atoms with van der Waals surface area (Å²) in [6, 6.07) is 10.9. The molecule has 2 aromatic carbocycles. The van der Waals surface area contributed by atoms with Gasteiger partial charge in [-0.15, -0.1) is 0 Å². The minimum absolute atomic E-state index is 0.00389. The van der Waals surface area contributed by atoms with Crippen molar-refractivity contribution in [3.63, 3.8) is 0 Å². The quantitative estimate of drug-likeness (QED) is 0.231. The third kappa shape index (κ3) is 7.08. The second-order valence-corrected chi connectivity index (χ2v) is 8.73. The number of aliphatic hydroxyl groups is 1. The van der Waals surface area contributed by atoms with Crippen molar-refractivity contribution in [1.82, 2.24) is 0 Å². The van der Waals surface area contributed by atoms with E-state index in [1.165, 1.54) is 6.92 Å². The predicted octanol–water partition coefficient (Wildman–Crippen LogP) is 6.86. The molecular formula is C26H28F6O3. The Morgan fingerprint density at radius 3 is 2.20 bits per heavy atom. The molecule has 9 heteroatoms. The lowest BCUT2D eigenvalue weighted by molar-refractivity contribution is -0.143. The molecule has 3 rings (SSSR count). The molecule has 1 N–H and O–H groups in total. The maximum Gasteiger partial charge on any atom is 0.416 e. The lowest BCUT2D eigenvalue weighted by atomic mass is 9.73. The van der Waals surface area contributed by atoms with Gasteiger partial charge in [0, 0.05) is 18.6 Å². The minimum atomic E-state index is -4.92. The summed E-state index contributed by atoms with van der Waals surface area (Å²) in [6.45, 7) is 1.85. The van der Waals surface area contributed by atoms with E-state index < -0.39 is 35.0 Å². The average molecular weight is 502 g/mol. The second-order valence-electron chi connectivity index (χ2n) is 8.73. The van der Waals surface area contributed by atoms with Crippen molar-refractivity contribution < 1.29 is 40.9 Å². The standard InChI is InChI=1S/C26H28F6O3/c1-18(19-13-21(25(27,28)29)15-22(14-19)26(30,31)32)35-17-24(20-7-3-2-4-8-20)10-5-9-23(16-24)34-12-6-11-33/h2-5,7-8,10,13-15,18,23,33H,6,9,11-12,16-17H2,1H3/t18-,23?,24-/m1/s1. The number of hydrogen-bond acceptors (Lipinski definition) is 3. The van der Waals surface area contributed by atoms with Crippen LogP contribution in [0.3, 0.4) is 0 Å². The van der Waals surface area contributed by atoms with Gasteiger partial charge in [-0.2, -0.15) is 26.3 Å². The molecule has 1 aliphatic rings. The van der Waals surface area contributed by atoms with E-state index in [4.69, 9.17) is 14.6 Å². The normalized spacial score (nSPS) is 21.8. The fourth-order valence-electron chi connectivity index (χ4n) is 4.20. The van der Waals surface area contributed by atoms with Crippen molar-refractivity contribution in [2.75, 3.05) is 19.8 Å². The number of alkyl halides is 6. The van der Waals surface area contributed by atoms with Crippen LogP contribution >= 0.6 is 0 Å². The first kappa shape index (κ1) is 27.2. The van der Waals surface area contributed by atoms with E-state index in [0.717, 1.165) is 5.56 Å². The molecule has 35 heavy (non-hydrogen) atoms. The van der Waals surface area contributed by atoms with E-state index in [1.54, 1.807) is 0 Å². The van der Waals surface area contributed by atoms with Gasteiger partial charge >= 0.3 is 12.4 Å². The molecule has 3 nitrogen and oxygen atoms in total. The smallest absolute Gasteiger partial charge is 0.396 e. The highest BCUT2D eigenvalue weighted by Gasteiger charge is 2.39.